The Bertz CT molecular complexity index is 1120. The van der Waals surface area contributed by atoms with Gasteiger partial charge in [0.25, 0.3) is 0 Å². The first-order valence-corrected chi connectivity index (χ1v) is 11.5. The van der Waals surface area contributed by atoms with Crippen LogP contribution in [0.15, 0.2) is 24.4 Å². The van der Waals surface area contributed by atoms with Crippen LogP contribution in [0.5, 0.6) is 5.75 Å². The number of carbonyl (C=O) groups is 2. The number of ether oxygens (including phenoxy) is 2. The molecule has 1 amide bonds. The van der Waals surface area contributed by atoms with Crippen LogP contribution in [-0.2, 0) is 16.1 Å². The summed E-state index contributed by atoms with van der Waals surface area (Å²) >= 11 is 0. The van der Waals surface area contributed by atoms with Gasteiger partial charge in [-0.2, -0.15) is 0 Å². The van der Waals surface area contributed by atoms with E-state index >= 15 is 0 Å². The number of nitrogens with zero attached hydrogens (tertiary/aromatic N) is 5. The number of methoxy groups -OCH3 is 1. The number of anilines is 2. The van der Waals surface area contributed by atoms with Crippen LogP contribution in [0.2, 0.25) is 0 Å². The van der Waals surface area contributed by atoms with Gasteiger partial charge in [0.2, 0.25) is 12.3 Å². The predicted molar refractivity (Wildman–Crippen MR) is 135 cm³/mol. The zero-order valence-electron chi connectivity index (χ0n) is 21.0. The van der Waals surface area contributed by atoms with Crippen molar-refractivity contribution in [1.82, 2.24) is 19.8 Å². The summed E-state index contributed by atoms with van der Waals surface area (Å²) in [5, 5.41) is 13.6. The van der Waals surface area contributed by atoms with Crippen LogP contribution in [0.4, 0.5) is 11.6 Å². The molecule has 0 aliphatic carbocycles. The molecule has 0 radical (unpaired) electrons. The Labute approximate surface area is 211 Å². The van der Waals surface area contributed by atoms with Crippen molar-refractivity contribution in [2.24, 2.45) is 0 Å². The van der Waals surface area contributed by atoms with Crippen molar-refractivity contribution >= 4 is 23.8 Å². The van der Waals surface area contributed by atoms with E-state index in [-0.39, 0.29) is 17.7 Å². The smallest absolute Gasteiger partial charge is 0.237 e. The van der Waals surface area contributed by atoms with E-state index < -0.39 is 6.35 Å². The van der Waals surface area contributed by atoms with Crippen molar-refractivity contribution in [3.63, 3.8) is 0 Å². The third-order valence-electron chi connectivity index (χ3n) is 5.74. The zero-order valence-corrected chi connectivity index (χ0v) is 21.0. The maximum absolute atomic E-state index is 12.3. The van der Waals surface area contributed by atoms with E-state index in [1.165, 1.54) is 11.1 Å². The monoisotopic (exact) mass is 496 g/mol. The second kappa shape index (κ2) is 12.3. The average molecular weight is 497 g/mol. The van der Waals surface area contributed by atoms with Gasteiger partial charge in [-0.05, 0) is 20.0 Å². The summed E-state index contributed by atoms with van der Waals surface area (Å²) in [5.74, 6) is 3.64. The first-order valence-electron chi connectivity index (χ1n) is 11.5. The minimum Gasteiger partial charge on any atom is -0.487 e. The first-order chi connectivity index (χ1) is 17.2. The van der Waals surface area contributed by atoms with Gasteiger partial charge in [-0.3, -0.25) is 14.5 Å². The third-order valence-corrected chi connectivity index (χ3v) is 5.74. The molecule has 1 unspecified atom stereocenters. The number of aldehydes is 1. The van der Waals surface area contributed by atoms with Gasteiger partial charge >= 0.3 is 0 Å². The van der Waals surface area contributed by atoms with Crippen molar-refractivity contribution in [3.05, 3.63) is 41.2 Å². The van der Waals surface area contributed by atoms with E-state index in [1.807, 2.05) is 18.9 Å². The van der Waals surface area contributed by atoms with Crippen molar-refractivity contribution in [2.75, 3.05) is 57.7 Å². The van der Waals surface area contributed by atoms with Gasteiger partial charge in [-0.1, -0.05) is 12.0 Å². The van der Waals surface area contributed by atoms with Crippen LogP contribution in [-0.4, -0.2) is 97.0 Å². The highest BCUT2D eigenvalue weighted by Gasteiger charge is 2.23. The quantitative estimate of drug-likeness (QED) is 0.262. The minimum absolute atomic E-state index is 0.00438. The molecule has 2 atom stereocenters. The number of carbonyl (C=O) groups excluding carboxylic acids is 2. The van der Waals surface area contributed by atoms with E-state index in [9.17, 15) is 14.7 Å². The lowest BCUT2D eigenvalue weighted by Crippen LogP contribution is -2.48. The maximum atomic E-state index is 12.3. The molecular formula is C25H32N6O5. The number of piperazine rings is 1. The van der Waals surface area contributed by atoms with Crippen LogP contribution < -0.4 is 15.0 Å². The number of amides is 1. The van der Waals surface area contributed by atoms with Crippen LogP contribution in [0.3, 0.4) is 0 Å². The number of aromatic nitrogens is 2. The normalized spacial score (nSPS) is 15.7. The minimum atomic E-state index is -1.23. The molecule has 0 aromatic carbocycles. The summed E-state index contributed by atoms with van der Waals surface area (Å²) in [6, 6.07) is 5.02. The Balaban J connectivity index is 1.71. The summed E-state index contributed by atoms with van der Waals surface area (Å²) in [5.41, 5.74) is 1.32. The van der Waals surface area contributed by atoms with Crippen LogP contribution in [0.1, 0.15) is 28.5 Å². The first kappa shape index (κ1) is 26.9. The molecule has 2 aromatic heterocycles. The summed E-state index contributed by atoms with van der Waals surface area (Å²) < 4.78 is 10.9. The van der Waals surface area contributed by atoms with Gasteiger partial charge in [0.15, 0.2) is 6.29 Å². The molecule has 1 aliphatic heterocycles. The number of terminal acetylenes is 1. The van der Waals surface area contributed by atoms with Crippen molar-refractivity contribution < 1.29 is 24.2 Å². The highest BCUT2D eigenvalue weighted by atomic mass is 16.5. The standard InChI is InChI=1S/C25H32N6O5/c1-6-18-12-26-22(11-21(18)36-17(2)16-35-5)28-25(34)30(4)23-8-7-19(20(15-32)27-23)13-31-10-9-29(3)14-24(31)33/h1,7-8,11-12,15,17,25,34H,9-10,13-14,16H2,2-5H3,(H,26,28)/t17-,25?/m1/s1. The fraction of sp³-hybridized carbons (Fsp3) is 0.440. The van der Waals surface area contributed by atoms with Gasteiger partial charge in [0, 0.05) is 51.6 Å². The molecule has 0 bridgehead atoms. The van der Waals surface area contributed by atoms with E-state index in [2.05, 4.69) is 21.2 Å². The van der Waals surface area contributed by atoms with Gasteiger partial charge in [0.1, 0.15) is 29.2 Å². The summed E-state index contributed by atoms with van der Waals surface area (Å²) in [4.78, 5) is 37.8. The van der Waals surface area contributed by atoms with Gasteiger partial charge in [-0.15, -0.1) is 6.42 Å². The summed E-state index contributed by atoms with van der Waals surface area (Å²) in [7, 11) is 5.09. The molecule has 3 rings (SSSR count). The lowest BCUT2D eigenvalue weighted by atomic mass is 10.1. The Morgan fingerprint density at radius 3 is 2.83 bits per heavy atom. The molecule has 2 aromatic rings. The molecule has 2 N–H and O–H groups in total. The van der Waals surface area contributed by atoms with E-state index in [0.29, 0.717) is 61.0 Å². The van der Waals surface area contributed by atoms with Gasteiger partial charge in [-0.25, -0.2) is 9.97 Å². The molecule has 0 spiro atoms. The SMILES string of the molecule is C#Cc1cnc(NC(O)N(C)c2ccc(CN3CCN(C)CC3=O)c(C=O)n2)cc1O[C@H](C)COC. The highest BCUT2D eigenvalue weighted by Crippen LogP contribution is 2.23. The average Bonchev–Trinajstić information content (AvgIpc) is 2.85. The third kappa shape index (κ3) is 6.69. The van der Waals surface area contributed by atoms with Crippen molar-refractivity contribution in [1.29, 1.82) is 0 Å². The second-order valence-electron chi connectivity index (χ2n) is 8.61. The highest BCUT2D eigenvalue weighted by molar-refractivity contribution is 5.80. The molecule has 192 valence electrons. The summed E-state index contributed by atoms with van der Waals surface area (Å²) in [6.45, 7) is 4.22. The second-order valence-corrected chi connectivity index (χ2v) is 8.61. The summed E-state index contributed by atoms with van der Waals surface area (Å²) in [6.07, 6.45) is 6.21. The maximum Gasteiger partial charge on any atom is 0.237 e. The molecule has 1 aliphatic rings. The predicted octanol–water partition coefficient (Wildman–Crippen LogP) is 0.782. The Morgan fingerprint density at radius 1 is 1.39 bits per heavy atom. The van der Waals surface area contributed by atoms with E-state index in [0.717, 1.165) is 6.54 Å². The Morgan fingerprint density at radius 2 is 2.17 bits per heavy atom. The molecule has 11 heteroatoms. The van der Waals surface area contributed by atoms with Crippen molar-refractivity contribution in [2.45, 2.75) is 25.9 Å². The number of hydrogen-bond donors (Lipinski definition) is 2. The number of aliphatic hydroxyl groups excluding tert-OH is 1. The molecule has 1 saturated heterocycles. The molecular weight excluding hydrogens is 464 g/mol. The fourth-order valence-electron chi connectivity index (χ4n) is 3.69. The molecule has 3 heterocycles. The van der Waals surface area contributed by atoms with Crippen LogP contribution in [0.25, 0.3) is 0 Å². The fourth-order valence-corrected chi connectivity index (χ4v) is 3.69. The Kier molecular flexibility index (Phi) is 9.19. The largest absolute Gasteiger partial charge is 0.487 e. The van der Waals surface area contributed by atoms with E-state index in [4.69, 9.17) is 15.9 Å². The molecule has 1 fully saturated rings. The number of aliphatic hydroxyl groups is 1. The number of hydrogen-bond acceptors (Lipinski definition) is 10. The lowest BCUT2D eigenvalue weighted by molar-refractivity contribution is -0.136. The van der Waals surface area contributed by atoms with E-state index in [1.54, 1.807) is 37.3 Å². The van der Waals surface area contributed by atoms with Crippen LogP contribution in [0, 0.1) is 12.3 Å². The van der Waals surface area contributed by atoms with Crippen molar-refractivity contribution in [3.8, 4) is 18.1 Å². The van der Waals surface area contributed by atoms with Gasteiger partial charge in [0.05, 0.1) is 18.7 Å². The molecule has 36 heavy (non-hydrogen) atoms. The van der Waals surface area contributed by atoms with Gasteiger partial charge < -0.3 is 29.7 Å². The lowest BCUT2D eigenvalue weighted by Gasteiger charge is -2.32. The number of pyridine rings is 2. The Hall–Kier alpha value is -3.72. The topological polar surface area (TPSA) is 120 Å². The number of likely N-dealkylation sites (N-methyl/N-ethyl adjacent to an activating group) is 1. The molecule has 0 saturated carbocycles. The number of rotatable bonds is 11. The van der Waals surface area contributed by atoms with Crippen LogP contribution >= 0.6 is 0 Å². The molecule has 11 nitrogen and oxygen atoms in total. The number of nitrogens with one attached hydrogen (secondary N) is 1. The zero-order chi connectivity index (χ0) is 26.2.